The molecule has 106 valence electrons. The van der Waals surface area contributed by atoms with Crippen molar-refractivity contribution in [3.63, 3.8) is 0 Å². The minimum Gasteiger partial charge on any atom is -0.488 e. The van der Waals surface area contributed by atoms with Gasteiger partial charge in [-0.1, -0.05) is 24.3 Å². The largest absolute Gasteiger partial charge is 0.488 e. The Morgan fingerprint density at radius 2 is 1.95 bits per heavy atom. The first-order chi connectivity index (χ1) is 10.1. The first-order valence-electron chi connectivity index (χ1n) is 6.31. The number of nitrogens with two attached hydrogens (primary N) is 1. The second kappa shape index (κ2) is 6.44. The highest BCUT2D eigenvalue weighted by atomic mass is 16.5. The van der Waals surface area contributed by atoms with E-state index in [1.54, 1.807) is 30.3 Å². The monoisotopic (exact) mass is 282 g/mol. The number of carbonyl (C=O) groups is 1. The fourth-order valence-corrected chi connectivity index (χ4v) is 1.95. The molecule has 0 aliphatic rings. The second-order valence-corrected chi connectivity index (χ2v) is 4.50. The fraction of sp³-hybridized carbons (Fsp3) is 0.125. The Labute approximate surface area is 122 Å². The molecule has 2 aromatic rings. The van der Waals surface area contributed by atoms with Gasteiger partial charge in [0.05, 0.1) is 12.0 Å². The number of carboxylic acid groups (broad SMARTS) is 1. The number of nitrogens with zero attached hydrogens (tertiary/aromatic N) is 1. The van der Waals surface area contributed by atoms with Crippen LogP contribution in [-0.4, -0.2) is 11.1 Å². The predicted molar refractivity (Wildman–Crippen MR) is 77.7 cm³/mol. The summed E-state index contributed by atoms with van der Waals surface area (Å²) in [5.74, 6) is -0.468. The first-order valence-corrected chi connectivity index (χ1v) is 6.31. The van der Waals surface area contributed by atoms with Crippen LogP contribution < -0.4 is 10.5 Å². The molecule has 3 N–H and O–H groups in total. The summed E-state index contributed by atoms with van der Waals surface area (Å²) in [6, 6.07) is 14.0. The van der Waals surface area contributed by atoms with E-state index in [2.05, 4.69) is 0 Å². The van der Waals surface area contributed by atoms with Gasteiger partial charge in [0, 0.05) is 5.69 Å². The van der Waals surface area contributed by atoms with Gasteiger partial charge < -0.3 is 15.6 Å². The molecule has 0 aromatic heterocycles. The molecule has 0 atom stereocenters. The number of nitriles is 1. The molecule has 0 saturated carbocycles. The van der Waals surface area contributed by atoms with Crippen molar-refractivity contribution in [2.75, 3.05) is 5.73 Å². The molecule has 0 aliphatic heterocycles. The van der Waals surface area contributed by atoms with E-state index < -0.39 is 5.97 Å². The van der Waals surface area contributed by atoms with Crippen LogP contribution in [0, 0.1) is 11.3 Å². The van der Waals surface area contributed by atoms with Gasteiger partial charge in [-0.2, -0.15) is 5.26 Å². The van der Waals surface area contributed by atoms with Gasteiger partial charge in [-0.15, -0.1) is 0 Å². The number of aliphatic carboxylic acids is 1. The van der Waals surface area contributed by atoms with E-state index in [-0.39, 0.29) is 13.0 Å². The SMILES string of the molecule is N#Cc1cc(N)ccc1OCc1ccccc1CC(=O)O. The third-order valence-corrected chi connectivity index (χ3v) is 2.97. The number of anilines is 1. The van der Waals surface area contributed by atoms with E-state index in [1.807, 2.05) is 18.2 Å². The summed E-state index contributed by atoms with van der Waals surface area (Å²) >= 11 is 0. The van der Waals surface area contributed by atoms with Crippen LogP contribution in [0.3, 0.4) is 0 Å². The highest BCUT2D eigenvalue weighted by Crippen LogP contribution is 2.22. The quantitative estimate of drug-likeness (QED) is 0.820. The molecule has 0 amide bonds. The number of carboxylic acids is 1. The molecule has 5 heteroatoms. The van der Waals surface area contributed by atoms with E-state index in [9.17, 15) is 4.79 Å². The molecule has 0 radical (unpaired) electrons. The van der Waals surface area contributed by atoms with Crippen LogP contribution in [-0.2, 0) is 17.8 Å². The van der Waals surface area contributed by atoms with Crippen LogP contribution in [0.15, 0.2) is 42.5 Å². The van der Waals surface area contributed by atoms with Gasteiger partial charge in [0.2, 0.25) is 0 Å². The number of rotatable bonds is 5. The Kier molecular flexibility index (Phi) is 4.42. The standard InChI is InChI=1S/C16H14N2O3/c17-9-13-7-14(18)5-6-15(13)21-10-12-4-2-1-3-11(12)8-16(19)20/h1-7H,8,10,18H2,(H,19,20). The maximum absolute atomic E-state index is 10.8. The smallest absolute Gasteiger partial charge is 0.307 e. The average Bonchev–Trinajstić information content (AvgIpc) is 2.46. The Hall–Kier alpha value is -3.00. The fourth-order valence-electron chi connectivity index (χ4n) is 1.95. The molecular weight excluding hydrogens is 268 g/mol. The summed E-state index contributed by atoms with van der Waals surface area (Å²) in [6.45, 7) is 0.196. The van der Waals surface area contributed by atoms with Crippen LogP contribution in [0.25, 0.3) is 0 Å². The molecular formula is C16H14N2O3. The number of hydrogen-bond acceptors (Lipinski definition) is 4. The maximum Gasteiger partial charge on any atom is 0.307 e. The first kappa shape index (κ1) is 14.4. The Morgan fingerprint density at radius 3 is 2.62 bits per heavy atom. The van der Waals surface area contributed by atoms with Crippen molar-refractivity contribution in [3.05, 3.63) is 59.2 Å². The summed E-state index contributed by atoms with van der Waals surface area (Å²) in [4.78, 5) is 10.8. The Morgan fingerprint density at radius 1 is 1.24 bits per heavy atom. The lowest BCUT2D eigenvalue weighted by atomic mass is 10.1. The zero-order valence-electron chi connectivity index (χ0n) is 11.2. The van der Waals surface area contributed by atoms with Crippen LogP contribution >= 0.6 is 0 Å². The van der Waals surface area contributed by atoms with Crippen molar-refractivity contribution in [2.24, 2.45) is 0 Å². The topological polar surface area (TPSA) is 96.3 Å². The van der Waals surface area contributed by atoms with Crippen LogP contribution in [0.1, 0.15) is 16.7 Å². The lowest BCUT2D eigenvalue weighted by Gasteiger charge is -2.11. The molecule has 0 spiro atoms. The zero-order chi connectivity index (χ0) is 15.2. The van der Waals surface area contributed by atoms with Gasteiger partial charge in [-0.25, -0.2) is 0 Å². The minimum absolute atomic E-state index is 0.0631. The molecule has 0 heterocycles. The summed E-state index contributed by atoms with van der Waals surface area (Å²) in [5.41, 5.74) is 7.93. The summed E-state index contributed by atoms with van der Waals surface area (Å²) in [7, 11) is 0. The van der Waals surface area contributed by atoms with Gasteiger partial charge in [0.25, 0.3) is 0 Å². The molecule has 2 aromatic carbocycles. The lowest BCUT2D eigenvalue weighted by molar-refractivity contribution is -0.136. The highest BCUT2D eigenvalue weighted by Gasteiger charge is 2.09. The number of benzene rings is 2. The van der Waals surface area contributed by atoms with Gasteiger partial charge >= 0.3 is 5.97 Å². The lowest BCUT2D eigenvalue weighted by Crippen LogP contribution is -2.06. The summed E-state index contributed by atoms with van der Waals surface area (Å²) in [6.07, 6.45) is -0.0631. The molecule has 0 saturated heterocycles. The van der Waals surface area contributed by atoms with E-state index >= 15 is 0 Å². The average molecular weight is 282 g/mol. The molecule has 21 heavy (non-hydrogen) atoms. The van der Waals surface area contributed by atoms with Gasteiger partial charge in [-0.3, -0.25) is 4.79 Å². The molecule has 0 unspecified atom stereocenters. The molecule has 5 nitrogen and oxygen atoms in total. The third kappa shape index (κ3) is 3.74. The van der Waals surface area contributed by atoms with Crippen molar-refractivity contribution >= 4 is 11.7 Å². The van der Waals surface area contributed by atoms with Crippen molar-refractivity contribution in [3.8, 4) is 11.8 Å². The van der Waals surface area contributed by atoms with Crippen molar-refractivity contribution in [1.82, 2.24) is 0 Å². The molecule has 0 aliphatic carbocycles. The van der Waals surface area contributed by atoms with Crippen LogP contribution in [0.5, 0.6) is 5.75 Å². The van der Waals surface area contributed by atoms with Crippen molar-refractivity contribution in [1.29, 1.82) is 5.26 Å². The minimum atomic E-state index is -0.896. The van der Waals surface area contributed by atoms with Gasteiger partial charge in [0.15, 0.2) is 0 Å². The second-order valence-electron chi connectivity index (χ2n) is 4.50. The maximum atomic E-state index is 10.8. The summed E-state index contributed by atoms with van der Waals surface area (Å²) < 4.78 is 5.62. The van der Waals surface area contributed by atoms with Gasteiger partial charge in [-0.05, 0) is 29.3 Å². The van der Waals surface area contributed by atoms with E-state index in [0.29, 0.717) is 22.6 Å². The normalized spacial score (nSPS) is 9.86. The predicted octanol–water partition coefficient (Wildman–Crippen LogP) is 2.35. The van der Waals surface area contributed by atoms with E-state index in [0.717, 1.165) is 5.56 Å². The Balaban J connectivity index is 2.17. The van der Waals surface area contributed by atoms with Crippen molar-refractivity contribution in [2.45, 2.75) is 13.0 Å². The van der Waals surface area contributed by atoms with E-state index in [1.165, 1.54) is 0 Å². The van der Waals surface area contributed by atoms with Crippen LogP contribution in [0.2, 0.25) is 0 Å². The Bertz CT molecular complexity index is 705. The number of nitrogen functional groups attached to an aromatic ring is 1. The molecule has 2 rings (SSSR count). The number of ether oxygens (including phenoxy) is 1. The molecule has 0 bridgehead atoms. The van der Waals surface area contributed by atoms with E-state index in [4.69, 9.17) is 20.8 Å². The summed E-state index contributed by atoms with van der Waals surface area (Å²) in [5, 5.41) is 17.9. The number of hydrogen-bond donors (Lipinski definition) is 2. The highest BCUT2D eigenvalue weighted by molar-refractivity contribution is 5.70. The van der Waals surface area contributed by atoms with Crippen molar-refractivity contribution < 1.29 is 14.6 Å². The van der Waals surface area contributed by atoms with Gasteiger partial charge in [0.1, 0.15) is 18.4 Å². The molecule has 0 fully saturated rings. The van der Waals surface area contributed by atoms with Crippen LogP contribution in [0.4, 0.5) is 5.69 Å². The zero-order valence-corrected chi connectivity index (χ0v) is 11.2. The third-order valence-electron chi connectivity index (χ3n) is 2.97.